The standard InChI is InChI=1S/C7H13NOS/c1-7(6-8)9-4-3-5-10-2/h7H,3-5H2,1-2H3. The van der Waals surface area contributed by atoms with Crippen LogP contribution in [0.4, 0.5) is 0 Å². The summed E-state index contributed by atoms with van der Waals surface area (Å²) in [5.41, 5.74) is 0. The first-order valence-electron chi connectivity index (χ1n) is 3.31. The van der Waals surface area contributed by atoms with Crippen LogP contribution in [0.25, 0.3) is 0 Å². The van der Waals surface area contributed by atoms with Crippen molar-refractivity contribution in [2.45, 2.75) is 19.4 Å². The van der Waals surface area contributed by atoms with Crippen LogP contribution in [0.15, 0.2) is 0 Å². The van der Waals surface area contributed by atoms with E-state index in [0.717, 1.165) is 12.2 Å². The van der Waals surface area contributed by atoms with Gasteiger partial charge in [-0.3, -0.25) is 0 Å². The molecule has 0 amide bonds. The van der Waals surface area contributed by atoms with Crippen LogP contribution in [0.2, 0.25) is 0 Å². The van der Waals surface area contributed by atoms with E-state index in [4.69, 9.17) is 10.00 Å². The van der Waals surface area contributed by atoms with E-state index in [9.17, 15) is 0 Å². The van der Waals surface area contributed by atoms with Gasteiger partial charge in [-0.25, -0.2) is 0 Å². The molecular formula is C7H13NOS. The molecule has 0 rings (SSSR count). The molecular weight excluding hydrogens is 146 g/mol. The molecule has 0 bridgehead atoms. The zero-order chi connectivity index (χ0) is 7.82. The molecule has 2 nitrogen and oxygen atoms in total. The van der Waals surface area contributed by atoms with E-state index in [1.807, 2.05) is 6.07 Å². The number of ether oxygens (including phenoxy) is 1. The maximum Gasteiger partial charge on any atom is 0.141 e. The van der Waals surface area contributed by atoms with Crippen LogP contribution in [0.3, 0.4) is 0 Å². The van der Waals surface area contributed by atoms with Crippen LogP contribution in [-0.4, -0.2) is 24.7 Å². The maximum atomic E-state index is 8.31. The predicted octanol–water partition coefficient (Wildman–Crippen LogP) is 1.67. The second-order valence-electron chi connectivity index (χ2n) is 1.99. The molecule has 0 aliphatic carbocycles. The van der Waals surface area contributed by atoms with Crippen molar-refractivity contribution in [1.29, 1.82) is 5.26 Å². The minimum Gasteiger partial charge on any atom is -0.364 e. The number of rotatable bonds is 5. The molecule has 0 aliphatic heterocycles. The van der Waals surface area contributed by atoms with E-state index in [1.54, 1.807) is 18.7 Å². The van der Waals surface area contributed by atoms with Crippen LogP contribution < -0.4 is 0 Å². The van der Waals surface area contributed by atoms with Crippen molar-refractivity contribution >= 4 is 11.8 Å². The summed E-state index contributed by atoms with van der Waals surface area (Å²) in [6.45, 7) is 2.47. The van der Waals surface area contributed by atoms with Crippen LogP contribution in [0, 0.1) is 11.3 Å². The fourth-order valence-corrected chi connectivity index (χ4v) is 0.907. The van der Waals surface area contributed by atoms with Crippen molar-refractivity contribution in [3.8, 4) is 6.07 Å². The van der Waals surface area contributed by atoms with E-state index < -0.39 is 0 Å². The molecule has 1 atom stereocenters. The van der Waals surface area contributed by atoms with Crippen LogP contribution >= 0.6 is 11.8 Å². The normalized spacial score (nSPS) is 12.5. The minimum atomic E-state index is -0.248. The Kier molecular flexibility index (Phi) is 6.78. The highest BCUT2D eigenvalue weighted by molar-refractivity contribution is 7.98. The monoisotopic (exact) mass is 159 g/mol. The topological polar surface area (TPSA) is 33.0 Å². The largest absolute Gasteiger partial charge is 0.364 e. The molecule has 0 aromatic heterocycles. The Morgan fingerprint density at radius 1 is 1.70 bits per heavy atom. The molecule has 0 spiro atoms. The second-order valence-corrected chi connectivity index (χ2v) is 2.97. The summed E-state index contributed by atoms with van der Waals surface area (Å²) in [5.74, 6) is 1.11. The van der Waals surface area contributed by atoms with Crippen molar-refractivity contribution in [3.63, 3.8) is 0 Å². The summed E-state index contributed by atoms with van der Waals surface area (Å²) in [4.78, 5) is 0. The fourth-order valence-electron chi connectivity index (χ4n) is 0.501. The van der Waals surface area contributed by atoms with Gasteiger partial charge >= 0.3 is 0 Å². The second kappa shape index (κ2) is 6.91. The van der Waals surface area contributed by atoms with Gasteiger partial charge in [-0.2, -0.15) is 17.0 Å². The van der Waals surface area contributed by atoms with Crippen molar-refractivity contribution in [2.75, 3.05) is 18.6 Å². The van der Waals surface area contributed by atoms with Gasteiger partial charge in [-0.05, 0) is 25.4 Å². The van der Waals surface area contributed by atoms with Crippen molar-refractivity contribution in [3.05, 3.63) is 0 Å². The van der Waals surface area contributed by atoms with Crippen molar-refractivity contribution in [1.82, 2.24) is 0 Å². The molecule has 1 unspecified atom stereocenters. The lowest BCUT2D eigenvalue weighted by Gasteiger charge is -2.02. The highest BCUT2D eigenvalue weighted by Gasteiger charge is 1.96. The van der Waals surface area contributed by atoms with E-state index >= 15 is 0 Å². The van der Waals surface area contributed by atoms with Crippen molar-refractivity contribution < 1.29 is 4.74 Å². The number of nitrogens with zero attached hydrogens (tertiary/aromatic N) is 1. The summed E-state index contributed by atoms with van der Waals surface area (Å²) in [6.07, 6.45) is 2.85. The number of nitriles is 1. The molecule has 0 aliphatic rings. The molecule has 0 radical (unpaired) electrons. The van der Waals surface area contributed by atoms with Crippen LogP contribution in [0.5, 0.6) is 0 Å². The Hall–Kier alpha value is -0.200. The first-order valence-corrected chi connectivity index (χ1v) is 4.70. The zero-order valence-corrected chi connectivity index (χ0v) is 7.28. The average molecular weight is 159 g/mol. The average Bonchev–Trinajstić information content (AvgIpc) is 1.98. The molecule has 0 fully saturated rings. The van der Waals surface area contributed by atoms with Gasteiger partial charge in [0.1, 0.15) is 6.10 Å². The number of hydrogen-bond acceptors (Lipinski definition) is 3. The lowest BCUT2D eigenvalue weighted by Crippen LogP contribution is -2.06. The first kappa shape index (κ1) is 9.80. The highest BCUT2D eigenvalue weighted by atomic mass is 32.2. The summed E-state index contributed by atoms with van der Waals surface area (Å²) < 4.78 is 5.12. The Labute approximate surface area is 66.6 Å². The Balaban J connectivity index is 2.98. The van der Waals surface area contributed by atoms with Gasteiger partial charge in [0.05, 0.1) is 6.07 Å². The predicted molar refractivity (Wildman–Crippen MR) is 44.0 cm³/mol. The third-order valence-electron chi connectivity index (χ3n) is 1.04. The lowest BCUT2D eigenvalue weighted by atomic mass is 10.4. The van der Waals surface area contributed by atoms with Gasteiger partial charge in [0.2, 0.25) is 0 Å². The Morgan fingerprint density at radius 2 is 2.40 bits per heavy atom. The molecule has 3 heteroatoms. The van der Waals surface area contributed by atoms with E-state index in [0.29, 0.717) is 6.61 Å². The molecule has 0 saturated heterocycles. The maximum absolute atomic E-state index is 8.31. The first-order chi connectivity index (χ1) is 4.81. The summed E-state index contributed by atoms with van der Waals surface area (Å²) >= 11 is 1.80. The SMILES string of the molecule is CSCCCOC(C)C#N. The van der Waals surface area contributed by atoms with Gasteiger partial charge in [-0.15, -0.1) is 0 Å². The zero-order valence-electron chi connectivity index (χ0n) is 6.46. The molecule has 0 aromatic rings. The van der Waals surface area contributed by atoms with Crippen LogP contribution in [0.1, 0.15) is 13.3 Å². The third-order valence-corrected chi connectivity index (χ3v) is 1.74. The molecule has 58 valence electrons. The van der Waals surface area contributed by atoms with E-state index in [2.05, 4.69) is 6.26 Å². The molecule has 10 heavy (non-hydrogen) atoms. The van der Waals surface area contributed by atoms with Gasteiger partial charge in [0.25, 0.3) is 0 Å². The van der Waals surface area contributed by atoms with Gasteiger partial charge in [0, 0.05) is 6.61 Å². The Bertz CT molecular complexity index is 111. The van der Waals surface area contributed by atoms with Gasteiger partial charge in [0.15, 0.2) is 0 Å². The minimum absolute atomic E-state index is 0.248. The smallest absolute Gasteiger partial charge is 0.141 e. The quantitative estimate of drug-likeness (QED) is 0.572. The highest BCUT2D eigenvalue weighted by Crippen LogP contribution is 1.97. The third kappa shape index (κ3) is 5.93. The summed E-state index contributed by atoms with van der Waals surface area (Å²) in [6, 6.07) is 2.01. The van der Waals surface area contributed by atoms with Gasteiger partial charge < -0.3 is 4.74 Å². The van der Waals surface area contributed by atoms with E-state index in [1.165, 1.54) is 0 Å². The molecule has 0 aromatic carbocycles. The number of hydrogen-bond donors (Lipinski definition) is 0. The molecule has 0 saturated carbocycles. The lowest BCUT2D eigenvalue weighted by molar-refractivity contribution is 0.103. The summed E-state index contributed by atoms with van der Waals surface area (Å²) in [5, 5.41) is 8.31. The summed E-state index contributed by atoms with van der Waals surface area (Å²) in [7, 11) is 0. The fraction of sp³-hybridized carbons (Fsp3) is 0.857. The molecule has 0 N–H and O–H groups in total. The van der Waals surface area contributed by atoms with Crippen LogP contribution in [-0.2, 0) is 4.74 Å². The van der Waals surface area contributed by atoms with Gasteiger partial charge in [-0.1, -0.05) is 0 Å². The molecule has 0 heterocycles. The number of thioether (sulfide) groups is 1. The van der Waals surface area contributed by atoms with E-state index in [-0.39, 0.29) is 6.10 Å². The van der Waals surface area contributed by atoms with Crippen molar-refractivity contribution in [2.24, 2.45) is 0 Å². The Morgan fingerprint density at radius 3 is 2.90 bits per heavy atom.